The maximum absolute atomic E-state index is 12.2. The first kappa shape index (κ1) is 16.0. The molecule has 0 aliphatic carbocycles. The summed E-state index contributed by atoms with van der Waals surface area (Å²) >= 11 is 0. The summed E-state index contributed by atoms with van der Waals surface area (Å²) in [6, 6.07) is 5.68. The monoisotopic (exact) mass is 303 g/mol. The van der Waals surface area contributed by atoms with Crippen LogP contribution in [0.3, 0.4) is 0 Å². The molecule has 1 N–H and O–H groups in total. The standard InChI is InChI=1S/C16H21N3O3/c1-11-5-4-6-12(2)14(11)17-15(21)16(22)19-9-7-18(8-10-19)13(3)20/h4-6H,7-10H2,1-3H3,(H,17,21). The number of hydrogen-bond donors (Lipinski definition) is 1. The summed E-state index contributed by atoms with van der Waals surface area (Å²) in [5.74, 6) is -1.19. The third kappa shape index (κ3) is 3.44. The van der Waals surface area contributed by atoms with Crippen LogP contribution >= 0.6 is 0 Å². The first-order valence-electron chi connectivity index (χ1n) is 7.32. The first-order chi connectivity index (χ1) is 10.4. The second-order valence-electron chi connectivity index (χ2n) is 5.52. The Kier molecular flexibility index (Phi) is 4.80. The summed E-state index contributed by atoms with van der Waals surface area (Å²) < 4.78 is 0. The van der Waals surface area contributed by atoms with Gasteiger partial charge >= 0.3 is 11.8 Å². The molecule has 1 aromatic carbocycles. The lowest BCUT2D eigenvalue weighted by Gasteiger charge is -2.33. The molecule has 0 saturated carbocycles. The van der Waals surface area contributed by atoms with Gasteiger partial charge < -0.3 is 15.1 Å². The second kappa shape index (κ2) is 6.60. The quantitative estimate of drug-likeness (QED) is 0.785. The fourth-order valence-electron chi connectivity index (χ4n) is 2.55. The van der Waals surface area contributed by atoms with Gasteiger partial charge in [-0.25, -0.2) is 0 Å². The lowest BCUT2D eigenvalue weighted by Crippen LogP contribution is -2.52. The maximum Gasteiger partial charge on any atom is 0.313 e. The van der Waals surface area contributed by atoms with Crippen molar-refractivity contribution >= 4 is 23.4 Å². The molecule has 22 heavy (non-hydrogen) atoms. The lowest BCUT2D eigenvalue weighted by atomic mass is 10.1. The number of hydrogen-bond acceptors (Lipinski definition) is 3. The Bertz CT molecular complexity index is 584. The maximum atomic E-state index is 12.2. The van der Waals surface area contributed by atoms with E-state index in [0.29, 0.717) is 31.9 Å². The van der Waals surface area contributed by atoms with Gasteiger partial charge in [0.1, 0.15) is 0 Å². The summed E-state index contributed by atoms with van der Waals surface area (Å²) in [5.41, 5.74) is 2.52. The van der Waals surface area contributed by atoms with Crippen LogP contribution in [0.15, 0.2) is 18.2 Å². The Morgan fingerprint density at radius 3 is 1.95 bits per heavy atom. The van der Waals surface area contributed by atoms with E-state index >= 15 is 0 Å². The van der Waals surface area contributed by atoms with Crippen LogP contribution in [-0.4, -0.2) is 53.7 Å². The Labute approximate surface area is 130 Å². The third-order valence-electron chi connectivity index (χ3n) is 3.93. The van der Waals surface area contributed by atoms with E-state index < -0.39 is 11.8 Å². The molecule has 1 saturated heterocycles. The Hall–Kier alpha value is -2.37. The smallest absolute Gasteiger partial charge is 0.313 e. The summed E-state index contributed by atoms with van der Waals surface area (Å²) in [6.07, 6.45) is 0. The van der Waals surface area contributed by atoms with Crippen LogP contribution in [0.5, 0.6) is 0 Å². The molecule has 6 heteroatoms. The number of piperazine rings is 1. The van der Waals surface area contributed by atoms with Gasteiger partial charge in [-0.2, -0.15) is 0 Å². The number of rotatable bonds is 1. The topological polar surface area (TPSA) is 69.7 Å². The molecular weight excluding hydrogens is 282 g/mol. The van der Waals surface area contributed by atoms with Crippen LogP contribution in [-0.2, 0) is 14.4 Å². The predicted octanol–water partition coefficient (Wildman–Crippen LogP) is 0.933. The highest BCUT2D eigenvalue weighted by Crippen LogP contribution is 2.19. The van der Waals surface area contributed by atoms with Crippen LogP contribution in [0.25, 0.3) is 0 Å². The molecule has 0 radical (unpaired) electrons. The zero-order chi connectivity index (χ0) is 16.3. The van der Waals surface area contributed by atoms with E-state index in [9.17, 15) is 14.4 Å². The molecule has 118 valence electrons. The minimum absolute atomic E-state index is 0.00733. The molecule has 0 bridgehead atoms. The normalized spacial score (nSPS) is 14.7. The average Bonchev–Trinajstić information content (AvgIpc) is 2.50. The van der Waals surface area contributed by atoms with Crippen LogP contribution in [0.2, 0.25) is 0 Å². The zero-order valence-electron chi connectivity index (χ0n) is 13.2. The van der Waals surface area contributed by atoms with Crippen molar-refractivity contribution in [1.82, 2.24) is 9.80 Å². The van der Waals surface area contributed by atoms with Gasteiger partial charge in [0.2, 0.25) is 5.91 Å². The van der Waals surface area contributed by atoms with Gasteiger partial charge in [-0.3, -0.25) is 14.4 Å². The second-order valence-corrected chi connectivity index (χ2v) is 5.52. The van der Waals surface area contributed by atoms with Gasteiger partial charge in [0.05, 0.1) is 0 Å². The molecule has 0 atom stereocenters. The molecule has 2 rings (SSSR count). The Morgan fingerprint density at radius 1 is 0.955 bits per heavy atom. The molecule has 1 fully saturated rings. The van der Waals surface area contributed by atoms with Gasteiger partial charge in [-0.05, 0) is 25.0 Å². The predicted molar refractivity (Wildman–Crippen MR) is 83.4 cm³/mol. The molecular formula is C16H21N3O3. The minimum Gasteiger partial charge on any atom is -0.339 e. The van der Waals surface area contributed by atoms with Crippen molar-refractivity contribution in [2.75, 3.05) is 31.5 Å². The van der Waals surface area contributed by atoms with Crippen molar-refractivity contribution in [2.45, 2.75) is 20.8 Å². The first-order valence-corrected chi connectivity index (χ1v) is 7.32. The summed E-state index contributed by atoms with van der Waals surface area (Å²) in [5, 5.41) is 2.70. The highest BCUT2D eigenvalue weighted by Gasteiger charge is 2.27. The molecule has 0 unspecified atom stereocenters. The van der Waals surface area contributed by atoms with Gasteiger partial charge in [-0.15, -0.1) is 0 Å². The number of benzene rings is 1. The number of carbonyl (C=O) groups excluding carboxylic acids is 3. The minimum atomic E-state index is -0.631. The van der Waals surface area contributed by atoms with E-state index in [-0.39, 0.29) is 5.91 Å². The Morgan fingerprint density at radius 2 is 1.45 bits per heavy atom. The summed E-state index contributed by atoms with van der Waals surface area (Å²) in [6.45, 7) is 7.00. The highest BCUT2D eigenvalue weighted by molar-refractivity contribution is 6.39. The van der Waals surface area contributed by atoms with E-state index in [1.807, 2.05) is 32.0 Å². The number of aryl methyl sites for hydroxylation is 2. The number of anilines is 1. The molecule has 0 spiro atoms. The lowest BCUT2D eigenvalue weighted by molar-refractivity contribution is -0.145. The highest BCUT2D eigenvalue weighted by atomic mass is 16.2. The number of para-hydroxylation sites is 1. The number of carbonyl (C=O) groups is 3. The number of amides is 3. The van der Waals surface area contributed by atoms with Crippen molar-refractivity contribution in [3.8, 4) is 0 Å². The number of nitrogens with zero attached hydrogens (tertiary/aromatic N) is 2. The van der Waals surface area contributed by atoms with E-state index in [1.54, 1.807) is 4.90 Å². The van der Waals surface area contributed by atoms with Gasteiger partial charge in [0, 0.05) is 38.8 Å². The molecule has 0 aromatic heterocycles. The van der Waals surface area contributed by atoms with Crippen LogP contribution in [0.1, 0.15) is 18.1 Å². The van der Waals surface area contributed by atoms with Crippen molar-refractivity contribution in [2.24, 2.45) is 0 Å². The number of nitrogens with one attached hydrogen (secondary N) is 1. The molecule has 3 amide bonds. The van der Waals surface area contributed by atoms with E-state index in [0.717, 1.165) is 11.1 Å². The van der Waals surface area contributed by atoms with E-state index in [2.05, 4.69) is 5.32 Å². The van der Waals surface area contributed by atoms with Crippen LogP contribution in [0.4, 0.5) is 5.69 Å². The van der Waals surface area contributed by atoms with Crippen molar-refractivity contribution < 1.29 is 14.4 Å². The van der Waals surface area contributed by atoms with Crippen LogP contribution in [0, 0.1) is 13.8 Å². The third-order valence-corrected chi connectivity index (χ3v) is 3.93. The SMILES string of the molecule is CC(=O)N1CCN(C(=O)C(=O)Nc2c(C)cccc2C)CC1. The van der Waals surface area contributed by atoms with Crippen LogP contribution < -0.4 is 5.32 Å². The van der Waals surface area contributed by atoms with Crippen molar-refractivity contribution in [3.63, 3.8) is 0 Å². The largest absolute Gasteiger partial charge is 0.339 e. The molecule has 1 aliphatic rings. The van der Waals surface area contributed by atoms with Crippen molar-refractivity contribution in [3.05, 3.63) is 29.3 Å². The molecule has 6 nitrogen and oxygen atoms in total. The van der Waals surface area contributed by atoms with Gasteiger partial charge in [-0.1, -0.05) is 18.2 Å². The zero-order valence-corrected chi connectivity index (χ0v) is 13.2. The fourth-order valence-corrected chi connectivity index (χ4v) is 2.55. The van der Waals surface area contributed by atoms with Crippen molar-refractivity contribution in [1.29, 1.82) is 0 Å². The molecule has 1 aliphatic heterocycles. The van der Waals surface area contributed by atoms with E-state index in [4.69, 9.17) is 0 Å². The molecule has 1 heterocycles. The Balaban J connectivity index is 1.99. The fraction of sp³-hybridized carbons (Fsp3) is 0.438. The summed E-state index contributed by atoms with van der Waals surface area (Å²) in [7, 11) is 0. The van der Waals surface area contributed by atoms with Gasteiger partial charge in [0.15, 0.2) is 0 Å². The molecule has 1 aromatic rings. The van der Waals surface area contributed by atoms with E-state index in [1.165, 1.54) is 11.8 Å². The summed E-state index contributed by atoms with van der Waals surface area (Å²) in [4.78, 5) is 38.8. The van der Waals surface area contributed by atoms with Gasteiger partial charge in [0.25, 0.3) is 0 Å². The average molecular weight is 303 g/mol.